The van der Waals surface area contributed by atoms with E-state index >= 15 is 0 Å². The zero-order valence-corrected chi connectivity index (χ0v) is 11.5. The Bertz CT molecular complexity index is 412. The van der Waals surface area contributed by atoms with Crippen molar-refractivity contribution in [2.45, 2.75) is 42.9 Å². The van der Waals surface area contributed by atoms with Crippen molar-refractivity contribution in [1.29, 1.82) is 0 Å². The van der Waals surface area contributed by atoms with Crippen LogP contribution in [0.25, 0.3) is 0 Å². The van der Waals surface area contributed by atoms with Gasteiger partial charge in [0.15, 0.2) is 11.6 Å². The normalized spacial score (nSPS) is 32.5. The molecule has 1 aliphatic carbocycles. The Morgan fingerprint density at radius 2 is 1.89 bits per heavy atom. The molecule has 0 radical (unpaired) electrons. The highest BCUT2D eigenvalue weighted by Crippen LogP contribution is 2.39. The molecule has 2 rings (SSSR count). The molecule has 0 spiro atoms. The van der Waals surface area contributed by atoms with Crippen LogP contribution in [0.1, 0.15) is 26.7 Å². The molecule has 0 aromatic heterocycles. The van der Waals surface area contributed by atoms with Crippen molar-refractivity contribution in [2.75, 3.05) is 0 Å². The lowest BCUT2D eigenvalue weighted by Crippen LogP contribution is -2.42. The van der Waals surface area contributed by atoms with Gasteiger partial charge in [0.1, 0.15) is 0 Å². The summed E-state index contributed by atoms with van der Waals surface area (Å²) in [5.41, 5.74) is 6.19. The van der Waals surface area contributed by atoms with Gasteiger partial charge >= 0.3 is 0 Å². The minimum absolute atomic E-state index is 0.127. The van der Waals surface area contributed by atoms with Crippen molar-refractivity contribution in [3.63, 3.8) is 0 Å². The Morgan fingerprint density at radius 1 is 1.17 bits per heavy atom. The predicted octanol–water partition coefficient (Wildman–Crippen LogP) is 3.82. The van der Waals surface area contributed by atoms with Gasteiger partial charge in [0.2, 0.25) is 0 Å². The molecule has 0 heterocycles. The van der Waals surface area contributed by atoms with Gasteiger partial charge < -0.3 is 5.73 Å². The number of thioether (sulfide) groups is 1. The Balaban J connectivity index is 2.10. The molecule has 4 unspecified atom stereocenters. The molecule has 2 N–H and O–H groups in total. The van der Waals surface area contributed by atoms with Gasteiger partial charge in [-0.15, -0.1) is 11.8 Å². The summed E-state index contributed by atoms with van der Waals surface area (Å²) in [6, 6.07) is 4.19. The van der Waals surface area contributed by atoms with Gasteiger partial charge in [0.05, 0.1) is 0 Å². The molecule has 0 saturated heterocycles. The maximum atomic E-state index is 13.2. The maximum absolute atomic E-state index is 13.2. The average Bonchev–Trinajstić information content (AvgIpc) is 2.28. The summed E-state index contributed by atoms with van der Waals surface area (Å²) in [6.07, 6.45) is 2.15. The molecular formula is C14H19F2NS. The summed E-state index contributed by atoms with van der Waals surface area (Å²) in [7, 11) is 0. The molecule has 100 valence electrons. The van der Waals surface area contributed by atoms with E-state index in [1.165, 1.54) is 12.1 Å². The summed E-state index contributed by atoms with van der Waals surface area (Å²) in [4.78, 5) is 0.760. The van der Waals surface area contributed by atoms with Crippen molar-refractivity contribution in [2.24, 2.45) is 17.6 Å². The van der Waals surface area contributed by atoms with Crippen LogP contribution in [0.4, 0.5) is 8.78 Å². The van der Waals surface area contributed by atoms with E-state index in [0.29, 0.717) is 11.8 Å². The number of nitrogens with two attached hydrogens (primary N) is 1. The second kappa shape index (κ2) is 5.57. The second-order valence-electron chi connectivity index (χ2n) is 5.38. The summed E-state index contributed by atoms with van der Waals surface area (Å²) in [5.74, 6) is -0.432. The lowest BCUT2D eigenvalue weighted by atomic mass is 9.80. The third-order valence-corrected chi connectivity index (χ3v) is 5.21. The minimum Gasteiger partial charge on any atom is -0.327 e. The maximum Gasteiger partial charge on any atom is 0.159 e. The van der Waals surface area contributed by atoms with E-state index in [1.807, 2.05) is 0 Å². The van der Waals surface area contributed by atoms with Crippen molar-refractivity contribution < 1.29 is 8.78 Å². The van der Waals surface area contributed by atoms with E-state index in [4.69, 9.17) is 5.73 Å². The number of halogens is 2. The fourth-order valence-electron chi connectivity index (χ4n) is 2.80. The standard InChI is InChI=1S/C14H19F2NS/c1-8-5-9(2)14(13(17)6-8)18-10-3-4-11(15)12(16)7-10/h3-4,7-9,13-14H,5-6,17H2,1-2H3. The zero-order chi connectivity index (χ0) is 13.3. The summed E-state index contributed by atoms with van der Waals surface area (Å²) < 4.78 is 26.0. The van der Waals surface area contributed by atoms with Gasteiger partial charge in [-0.05, 0) is 42.9 Å². The van der Waals surface area contributed by atoms with E-state index in [0.717, 1.165) is 17.7 Å². The van der Waals surface area contributed by atoms with Gasteiger partial charge in [-0.2, -0.15) is 0 Å². The van der Waals surface area contributed by atoms with Crippen molar-refractivity contribution in [3.8, 4) is 0 Å². The number of hydrogen-bond acceptors (Lipinski definition) is 2. The van der Waals surface area contributed by atoms with E-state index in [2.05, 4.69) is 13.8 Å². The third-order valence-electron chi connectivity index (χ3n) is 3.59. The lowest BCUT2D eigenvalue weighted by Gasteiger charge is -2.37. The molecular weight excluding hydrogens is 252 g/mol. The smallest absolute Gasteiger partial charge is 0.159 e. The van der Waals surface area contributed by atoms with Crippen LogP contribution in [0, 0.1) is 23.5 Å². The molecule has 1 aromatic rings. The zero-order valence-electron chi connectivity index (χ0n) is 10.7. The van der Waals surface area contributed by atoms with Crippen LogP contribution >= 0.6 is 11.8 Å². The molecule has 4 heteroatoms. The molecule has 1 aliphatic rings. The first-order chi connectivity index (χ1) is 8.47. The van der Waals surface area contributed by atoms with Crippen LogP contribution in [0.5, 0.6) is 0 Å². The summed E-state index contributed by atoms with van der Waals surface area (Å²) >= 11 is 1.57. The Hall–Kier alpha value is -0.610. The van der Waals surface area contributed by atoms with Crippen molar-refractivity contribution >= 4 is 11.8 Å². The van der Waals surface area contributed by atoms with Gasteiger partial charge in [-0.25, -0.2) is 8.78 Å². The van der Waals surface area contributed by atoms with Crippen LogP contribution in [0.15, 0.2) is 23.1 Å². The highest BCUT2D eigenvalue weighted by molar-refractivity contribution is 8.00. The van der Waals surface area contributed by atoms with Gasteiger partial charge in [0.25, 0.3) is 0 Å². The first kappa shape index (κ1) is 13.8. The Labute approximate surface area is 111 Å². The third kappa shape index (κ3) is 3.04. The van der Waals surface area contributed by atoms with Crippen LogP contribution in [0.2, 0.25) is 0 Å². The van der Waals surface area contributed by atoms with Crippen LogP contribution < -0.4 is 5.73 Å². The molecule has 1 aromatic carbocycles. The van der Waals surface area contributed by atoms with Crippen molar-refractivity contribution in [3.05, 3.63) is 29.8 Å². The van der Waals surface area contributed by atoms with Crippen LogP contribution in [0.3, 0.4) is 0 Å². The molecule has 18 heavy (non-hydrogen) atoms. The van der Waals surface area contributed by atoms with E-state index < -0.39 is 11.6 Å². The fourth-order valence-corrected chi connectivity index (χ4v) is 4.06. The minimum atomic E-state index is -0.797. The van der Waals surface area contributed by atoms with E-state index in [9.17, 15) is 8.78 Å². The van der Waals surface area contributed by atoms with Gasteiger partial charge in [-0.3, -0.25) is 0 Å². The number of rotatable bonds is 2. The highest BCUT2D eigenvalue weighted by Gasteiger charge is 2.32. The quantitative estimate of drug-likeness (QED) is 0.885. The van der Waals surface area contributed by atoms with Crippen LogP contribution in [-0.2, 0) is 0 Å². The Morgan fingerprint density at radius 3 is 2.50 bits per heavy atom. The molecule has 0 amide bonds. The highest BCUT2D eigenvalue weighted by atomic mass is 32.2. The van der Waals surface area contributed by atoms with E-state index in [-0.39, 0.29) is 11.3 Å². The van der Waals surface area contributed by atoms with Crippen LogP contribution in [-0.4, -0.2) is 11.3 Å². The van der Waals surface area contributed by atoms with Gasteiger partial charge in [-0.1, -0.05) is 13.8 Å². The largest absolute Gasteiger partial charge is 0.327 e. The lowest BCUT2D eigenvalue weighted by molar-refractivity contribution is 0.279. The second-order valence-corrected chi connectivity index (χ2v) is 6.63. The van der Waals surface area contributed by atoms with Crippen molar-refractivity contribution in [1.82, 2.24) is 0 Å². The molecule has 0 bridgehead atoms. The first-order valence-corrected chi connectivity index (χ1v) is 7.22. The number of hydrogen-bond donors (Lipinski definition) is 1. The Kier molecular flexibility index (Phi) is 4.28. The average molecular weight is 271 g/mol. The molecule has 1 fully saturated rings. The topological polar surface area (TPSA) is 26.0 Å². The first-order valence-electron chi connectivity index (χ1n) is 6.34. The fraction of sp³-hybridized carbons (Fsp3) is 0.571. The summed E-state index contributed by atoms with van der Waals surface area (Å²) in [6.45, 7) is 4.40. The monoisotopic (exact) mass is 271 g/mol. The summed E-state index contributed by atoms with van der Waals surface area (Å²) in [5, 5.41) is 0.283. The predicted molar refractivity (Wildman–Crippen MR) is 71.5 cm³/mol. The number of benzene rings is 1. The SMILES string of the molecule is CC1CC(C)C(Sc2ccc(F)c(F)c2)C(N)C1. The van der Waals surface area contributed by atoms with Gasteiger partial charge in [0, 0.05) is 16.2 Å². The molecule has 4 atom stereocenters. The molecule has 1 nitrogen and oxygen atoms in total. The van der Waals surface area contributed by atoms with E-state index in [1.54, 1.807) is 17.8 Å². The molecule has 0 aliphatic heterocycles. The molecule has 1 saturated carbocycles.